The van der Waals surface area contributed by atoms with E-state index in [0.717, 1.165) is 11.0 Å². The lowest BCUT2D eigenvalue weighted by Gasteiger charge is -2.13. The first-order valence-electron chi connectivity index (χ1n) is 5.41. The lowest BCUT2D eigenvalue weighted by molar-refractivity contribution is 0.0398. The van der Waals surface area contributed by atoms with Gasteiger partial charge >= 0.3 is 0 Å². The number of allylic oxidation sites excluding steroid dienone is 1. The van der Waals surface area contributed by atoms with E-state index in [0.29, 0.717) is 6.61 Å². The summed E-state index contributed by atoms with van der Waals surface area (Å²) in [5.74, 6) is 0. The average Bonchev–Trinajstić information content (AvgIpc) is 2.72. The molecule has 1 aromatic heterocycles. The molecule has 4 heteroatoms. The van der Waals surface area contributed by atoms with E-state index in [4.69, 9.17) is 4.74 Å². The van der Waals surface area contributed by atoms with Gasteiger partial charge in [0.05, 0.1) is 5.52 Å². The molecule has 0 fully saturated rings. The van der Waals surface area contributed by atoms with Crippen LogP contribution in [0, 0.1) is 0 Å². The van der Waals surface area contributed by atoms with Crippen LogP contribution in [0.5, 0.6) is 0 Å². The zero-order valence-corrected chi connectivity index (χ0v) is 9.50. The van der Waals surface area contributed by atoms with Crippen molar-refractivity contribution in [3.05, 3.63) is 36.4 Å². The van der Waals surface area contributed by atoms with Crippen molar-refractivity contribution in [2.45, 2.75) is 20.1 Å². The molecule has 1 heterocycles. The van der Waals surface area contributed by atoms with Crippen LogP contribution >= 0.6 is 0 Å². The summed E-state index contributed by atoms with van der Waals surface area (Å²) in [4.78, 5) is 0. The molecule has 0 aliphatic rings. The van der Waals surface area contributed by atoms with Gasteiger partial charge < -0.3 is 4.74 Å². The number of nitrogens with zero attached hydrogens (tertiary/aromatic N) is 3. The molecule has 16 heavy (non-hydrogen) atoms. The Morgan fingerprint density at radius 1 is 1.44 bits per heavy atom. The third-order valence-corrected chi connectivity index (χ3v) is 2.31. The SMILES string of the molecule is CC=CC(OCC)n1nnc2ccccc21. The fourth-order valence-corrected chi connectivity index (χ4v) is 1.62. The molecule has 0 spiro atoms. The third kappa shape index (κ3) is 1.97. The van der Waals surface area contributed by atoms with Crippen LogP contribution in [-0.2, 0) is 4.74 Å². The maximum absolute atomic E-state index is 5.61. The molecule has 0 aliphatic heterocycles. The van der Waals surface area contributed by atoms with Gasteiger partial charge in [0.1, 0.15) is 5.52 Å². The fourth-order valence-electron chi connectivity index (χ4n) is 1.62. The predicted octanol–water partition coefficient (Wildman–Crippen LogP) is 2.54. The Balaban J connectivity index is 2.43. The first-order valence-corrected chi connectivity index (χ1v) is 5.41. The molecule has 0 saturated carbocycles. The normalized spacial score (nSPS) is 13.6. The Bertz CT molecular complexity index is 490. The van der Waals surface area contributed by atoms with Gasteiger partial charge in [-0.25, -0.2) is 4.68 Å². The van der Waals surface area contributed by atoms with Crippen LogP contribution < -0.4 is 0 Å². The predicted molar refractivity (Wildman–Crippen MR) is 63.0 cm³/mol. The molecule has 1 aromatic carbocycles. The summed E-state index contributed by atoms with van der Waals surface area (Å²) in [6.07, 6.45) is 3.74. The minimum absolute atomic E-state index is 0.178. The maximum atomic E-state index is 5.61. The van der Waals surface area contributed by atoms with Crippen molar-refractivity contribution in [2.75, 3.05) is 6.61 Å². The quantitative estimate of drug-likeness (QED) is 0.739. The maximum Gasteiger partial charge on any atom is 0.171 e. The van der Waals surface area contributed by atoms with Crippen molar-refractivity contribution in [1.82, 2.24) is 15.0 Å². The van der Waals surface area contributed by atoms with Gasteiger partial charge in [-0.3, -0.25) is 0 Å². The molecule has 1 unspecified atom stereocenters. The number of para-hydroxylation sites is 1. The molecule has 1 atom stereocenters. The van der Waals surface area contributed by atoms with Gasteiger partial charge in [-0.15, -0.1) is 5.10 Å². The summed E-state index contributed by atoms with van der Waals surface area (Å²) in [5, 5.41) is 8.23. The lowest BCUT2D eigenvalue weighted by Crippen LogP contribution is -2.12. The molecule has 2 rings (SSSR count). The van der Waals surface area contributed by atoms with Crippen LogP contribution in [0.1, 0.15) is 20.1 Å². The Morgan fingerprint density at radius 3 is 3.00 bits per heavy atom. The monoisotopic (exact) mass is 217 g/mol. The first kappa shape index (κ1) is 10.8. The van der Waals surface area contributed by atoms with E-state index < -0.39 is 0 Å². The summed E-state index contributed by atoms with van der Waals surface area (Å²) in [7, 11) is 0. The zero-order chi connectivity index (χ0) is 11.4. The van der Waals surface area contributed by atoms with E-state index in [2.05, 4.69) is 10.3 Å². The molecule has 0 radical (unpaired) electrons. The van der Waals surface area contributed by atoms with Crippen molar-refractivity contribution >= 4 is 11.0 Å². The van der Waals surface area contributed by atoms with E-state index in [-0.39, 0.29) is 6.23 Å². The summed E-state index contributed by atoms with van der Waals surface area (Å²) >= 11 is 0. The third-order valence-electron chi connectivity index (χ3n) is 2.31. The summed E-state index contributed by atoms with van der Waals surface area (Å²) in [6.45, 7) is 4.57. The molecular formula is C12H15N3O. The number of ether oxygens (including phenoxy) is 1. The van der Waals surface area contributed by atoms with Crippen LogP contribution in [-0.4, -0.2) is 21.6 Å². The van der Waals surface area contributed by atoms with Gasteiger partial charge in [-0.1, -0.05) is 23.4 Å². The Hall–Kier alpha value is -1.68. The van der Waals surface area contributed by atoms with Gasteiger partial charge in [0.15, 0.2) is 6.23 Å². The first-order chi connectivity index (χ1) is 7.86. The number of benzene rings is 1. The number of hydrogen-bond donors (Lipinski definition) is 0. The fraction of sp³-hybridized carbons (Fsp3) is 0.333. The summed E-state index contributed by atoms with van der Waals surface area (Å²) in [6, 6.07) is 7.86. The van der Waals surface area contributed by atoms with E-state index >= 15 is 0 Å². The van der Waals surface area contributed by atoms with Crippen LogP contribution in [0.3, 0.4) is 0 Å². The number of fused-ring (bicyclic) bond motifs is 1. The topological polar surface area (TPSA) is 39.9 Å². The molecule has 0 amide bonds. The molecular weight excluding hydrogens is 202 g/mol. The van der Waals surface area contributed by atoms with E-state index in [1.54, 1.807) is 4.68 Å². The molecule has 0 aliphatic carbocycles. The largest absolute Gasteiger partial charge is 0.353 e. The van der Waals surface area contributed by atoms with Gasteiger partial charge in [-0.05, 0) is 32.1 Å². The highest BCUT2D eigenvalue weighted by Crippen LogP contribution is 2.17. The second-order valence-corrected chi connectivity index (χ2v) is 3.39. The second kappa shape index (κ2) is 4.90. The summed E-state index contributed by atoms with van der Waals surface area (Å²) in [5.41, 5.74) is 1.87. The van der Waals surface area contributed by atoms with Gasteiger partial charge in [0, 0.05) is 6.61 Å². The standard InChI is InChI=1S/C12H15N3O/c1-3-7-12(16-4-2)15-11-9-6-5-8-10(11)13-14-15/h3,5-9,12H,4H2,1-2H3. The van der Waals surface area contributed by atoms with E-state index in [1.807, 2.05) is 50.3 Å². The highest BCUT2D eigenvalue weighted by Gasteiger charge is 2.11. The Morgan fingerprint density at radius 2 is 2.25 bits per heavy atom. The Labute approximate surface area is 94.5 Å². The zero-order valence-electron chi connectivity index (χ0n) is 9.50. The summed E-state index contributed by atoms with van der Waals surface area (Å²) < 4.78 is 7.40. The van der Waals surface area contributed by atoms with Crippen molar-refractivity contribution < 1.29 is 4.74 Å². The van der Waals surface area contributed by atoms with E-state index in [9.17, 15) is 0 Å². The number of hydrogen-bond acceptors (Lipinski definition) is 3. The van der Waals surface area contributed by atoms with Crippen molar-refractivity contribution in [3.8, 4) is 0 Å². The van der Waals surface area contributed by atoms with Crippen molar-refractivity contribution in [3.63, 3.8) is 0 Å². The highest BCUT2D eigenvalue weighted by molar-refractivity contribution is 5.73. The number of rotatable bonds is 4. The lowest BCUT2D eigenvalue weighted by atomic mass is 10.3. The smallest absolute Gasteiger partial charge is 0.171 e. The van der Waals surface area contributed by atoms with Crippen molar-refractivity contribution in [2.24, 2.45) is 0 Å². The molecule has 0 bridgehead atoms. The second-order valence-electron chi connectivity index (χ2n) is 3.39. The average molecular weight is 217 g/mol. The molecule has 84 valence electrons. The van der Waals surface area contributed by atoms with Crippen molar-refractivity contribution in [1.29, 1.82) is 0 Å². The molecule has 0 N–H and O–H groups in total. The van der Waals surface area contributed by atoms with Crippen LogP contribution in [0.15, 0.2) is 36.4 Å². The molecule has 4 nitrogen and oxygen atoms in total. The Kier molecular flexibility index (Phi) is 3.31. The molecule has 2 aromatic rings. The van der Waals surface area contributed by atoms with E-state index in [1.165, 1.54) is 0 Å². The molecule has 0 saturated heterocycles. The van der Waals surface area contributed by atoms with Crippen LogP contribution in [0.4, 0.5) is 0 Å². The van der Waals surface area contributed by atoms with Crippen LogP contribution in [0.25, 0.3) is 11.0 Å². The minimum atomic E-state index is -0.178. The van der Waals surface area contributed by atoms with Gasteiger partial charge in [-0.2, -0.15) is 0 Å². The minimum Gasteiger partial charge on any atom is -0.353 e. The van der Waals surface area contributed by atoms with Gasteiger partial charge in [0.25, 0.3) is 0 Å². The number of aromatic nitrogens is 3. The highest BCUT2D eigenvalue weighted by atomic mass is 16.5. The van der Waals surface area contributed by atoms with Gasteiger partial charge in [0.2, 0.25) is 0 Å². The van der Waals surface area contributed by atoms with Crippen LogP contribution in [0.2, 0.25) is 0 Å².